The van der Waals surface area contributed by atoms with Crippen LogP contribution < -0.4 is 4.57 Å². The zero-order chi connectivity index (χ0) is 21.7. The van der Waals surface area contributed by atoms with Gasteiger partial charge in [-0.15, -0.1) is 0 Å². The van der Waals surface area contributed by atoms with Crippen LogP contribution in [0.25, 0.3) is 0 Å². The molecular formula is C28H55N2+. The Morgan fingerprint density at radius 3 is 1.60 bits per heavy atom. The van der Waals surface area contributed by atoms with Gasteiger partial charge in [-0.1, -0.05) is 111 Å². The SMILES string of the molecule is CCCCCCCCCCCCCCCn1cc[n+](CCCCC)c1CCCCC. The lowest BCUT2D eigenvalue weighted by atomic mass is 10.0. The van der Waals surface area contributed by atoms with Gasteiger partial charge in [0.2, 0.25) is 0 Å². The molecule has 0 radical (unpaired) electrons. The number of hydrogen-bond acceptors (Lipinski definition) is 0. The third-order valence-electron chi connectivity index (χ3n) is 6.60. The summed E-state index contributed by atoms with van der Waals surface area (Å²) in [6.45, 7) is 9.34. The van der Waals surface area contributed by atoms with Crippen LogP contribution >= 0.6 is 0 Å². The Morgan fingerprint density at radius 1 is 0.567 bits per heavy atom. The van der Waals surface area contributed by atoms with Gasteiger partial charge in [-0.3, -0.25) is 0 Å². The van der Waals surface area contributed by atoms with Gasteiger partial charge >= 0.3 is 0 Å². The second kappa shape index (κ2) is 20.1. The minimum absolute atomic E-state index is 1.21. The molecule has 0 saturated carbocycles. The summed E-state index contributed by atoms with van der Waals surface area (Å²) >= 11 is 0. The van der Waals surface area contributed by atoms with Crippen molar-refractivity contribution in [1.82, 2.24) is 4.57 Å². The molecule has 0 atom stereocenters. The Balaban J connectivity index is 2.14. The van der Waals surface area contributed by atoms with Gasteiger partial charge in [-0.25, -0.2) is 9.13 Å². The van der Waals surface area contributed by atoms with Crippen LogP contribution in [0.5, 0.6) is 0 Å². The van der Waals surface area contributed by atoms with Crippen LogP contribution in [0, 0.1) is 0 Å². The number of hydrogen-bond donors (Lipinski definition) is 0. The summed E-state index contributed by atoms with van der Waals surface area (Å²) in [7, 11) is 0. The van der Waals surface area contributed by atoms with Crippen LogP contribution in [-0.2, 0) is 19.5 Å². The Morgan fingerprint density at radius 2 is 1.03 bits per heavy atom. The van der Waals surface area contributed by atoms with Crippen LogP contribution in [0.2, 0.25) is 0 Å². The lowest BCUT2D eigenvalue weighted by molar-refractivity contribution is -0.704. The first kappa shape index (κ1) is 27.2. The van der Waals surface area contributed by atoms with Crippen LogP contribution in [0.4, 0.5) is 0 Å². The fourth-order valence-electron chi connectivity index (χ4n) is 4.56. The molecule has 1 aromatic heterocycles. The Labute approximate surface area is 189 Å². The van der Waals surface area contributed by atoms with E-state index in [1.165, 1.54) is 142 Å². The molecular weight excluding hydrogens is 364 g/mol. The van der Waals surface area contributed by atoms with Crippen molar-refractivity contribution in [1.29, 1.82) is 0 Å². The molecule has 0 unspecified atom stereocenters. The molecule has 0 aliphatic heterocycles. The summed E-state index contributed by atoms with van der Waals surface area (Å²) < 4.78 is 5.12. The lowest BCUT2D eigenvalue weighted by Crippen LogP contribution is -2.37. The lowest BCUT2D eigenvalue weighted by Gasteiger charge is -2.06. The predicted molar refractivity (Wildman–Crippen MR) is 133 cm³/mol. The van der Waals surface area contributed by atoms with E-state index in [-0.39, 0.29) is 0 Å². The highest BCUT2D eigenvalue weighted by molar-refractivity contribution is 4.84. The van der Waals surface area contributed by atoms with E-state index >= 15 is 0 Å². The Kier molecular flexibility index (Phi) is 18.3. The molecule has 30 heavy (non-hydrogen) atoms. The molecule has 0 aliphatic carbocycles. The van der Waals surface area contributed by atoms with E-state index in [9.17, 15) is 0 Å². The fraction of sp³-hybridized carbons (Fsp3) is 0.893. The van der Waals surface area contributed by atoms with E-state index < -0.39 is 0 Å². The predicted octanol–water partition coefficient (Wildman–Crippen LogP) is 8.79. The molecule has 1 aromatic rings. The number of imidazole rings is 1. The summed E-state index contributed by atoms with van der Waals surface area (Å²) in [5, 5.41) is 0. The van der Waals surface area contributed by atoms with Gasteiger partial charge < -0.3 is 0 Å². The van der Waals surface area contributed by atoms with Crippen molar-refractivity contribution < 1.29 is 4.57 Å². The third kappa shape index (κ3) is 13.5. The molecule has 0 saturated heterocycles. The van der Waals surface area contributed by atoms with Gasteiger partial charge in [0.05, 0.1) is 13.1 Å². The van der Waals surface area contributed by atoms with Crippen LogP contribution in [0.1, 0.15) is 149 Å². The molecule has 1 rings (SSSR count). The van der Waals surface area contributed by atoms with Crippen LogP contribution in [-0.4, -0.2) is 4.57 Å². The highest BCUT2D eigenvalue weighted by Crippen LogP contribution is 2.13. The first-order valence-electron chi connectivity index (χ1n) is 13.9. The molecule has 0 amide bonds. The molecule has 0 N–H and O–H groups in total. The maximum Gasteiger partial charge on any atom is 0.256 e. The molecule has 176 valence electrons. The smallest absolute Gasteiger partial charge is 0.234 e. The van der Waals surface area contributed by atoms with Crippen molar-refractivity contribution in [3.8, 4) is 0 Å². The van der Waals surface area contributed by atoms with Gasteiger partial charge in [0.1, 0.15) is 12.4 Å². The van der Waals surface area contributed by atoms with E-state index in [1.54, 1.807) is 5.82 Å². The normalized spacial score (nSPS) is 11.4. The number of aryl methyl sites for hydroxylation is 2. The summed E-state index contributed by atoms with van der Waals surface area (Å²) in [6.07, 6.45) is 32.6. The molecule has 0 aromatic carbocycles. The van der Waals surface area contributed by atoms with Crippen molar-refractivity contribution in [2.45, 2.75) is 162 Å². The average Bonchev–Trinajstić information content (AvgIpc) is 3.13. The third-order valence-corrected chi connectivity index (χ3v) is 6.60. The van der Waals surface area contributed by atoms with Crippen LogP contribution in [0.3, 0.4) is 0 Å². The largest absolute Gasteiger partial charge is 0.256 e. The van der Waals surface area contributed by atoms with E-state index in [0.717, 1.165) is 0 Å². The van der Waals surface area contributed by atoms with Gasteiger partial charge in [-0.05, 0) is 32.1 Å². The molecule has 0 aliphatic rings. The summed E-state index contributed by atoms with van der Waals surface area (Å²) in [5.74, 6) is 1.58. The number of nitrogens with zero attached hydrogens (tertiary/aromatic N) is 2. The minimum Gasteiger partial charge on any atom is -0.234 e. The molecule has 2 heteroatoms. The van der Waals surface area contributed by atoms with Gasteiger partial charge in [0.15, 0.2) is 0 Å². The fourth-order valence-corrected chi connectivity index (χ4v) is 4.56. The Bertz CT molecular complexity index is 477. The van der Waals surface area contributed by atoms with Crippen molar-refractivity contribution in [3.05, 3.63) is 18.2 Å². The van der Waals surface area contributed by atoms with Crippen molar-refractivity contribution in [2.75, 3.05) is 0 Å². The maximum atomic E-state index is 2.57. The first-order chi connectivity index (χ1) is 14.8. The van der Waals surface area contributed by atoms with Crippen molar-refractivity contribution >= 4 is 0 Å². The number of rotatable bonds is 22. The molecule has 1 heterocycles. The second-order valence-corrected chi connectivity index (χ2v) is 9.51. The van der Waals surface area contributed by atoms with Gasteiger partial charge in [0.25, 0.3) is 5.82 Å². The van der Waals surface area contributed by atoms with Gasteiger partial charge in [-0.2, -0.15) is 0 Å². The van der Waals surface area contributed by atoms with E-state index in [0.29, 0.717) is 0 Å². The molecule has 0 fully saturated rings. The zero-order valence-electron chi connectivity index (χ0n) is 21.1. The second-order valence-electron chi connectivity index (χ2n) is 9.51. The molecule has 0 bridgehead atoms. The number of aromatic nitrogens is 2. The average molecular weight is 420 g/mol. The van der Waals surface area contributed by atoms with E-state index in [4.69, 9.17) is 0 Å². The monoisotopic (exact) mass is 419 g/mol. The van der Waals surface area contributed by atoms with Crippen LogP contribution in [0.15, 0.2) is 12.4 Å². The minimum atomic E-state index is 1.21. The van der Waals surface area contributed by atoms with Crippen molar-refractivity contribution in [2.24, 2.45) is 0 Å². The topological polar surface area (TPSA) is 8.81 Å². The summed E-state index contributed by atoms with van der Waals surface area (Å²) in [6, 6.07) is 0. The highest BCUT2D eigenvalue weighted by Gasteiger charge is 2.16. The quantitative estimate of drug-likeness (QED) is 0.131. The maximum absolute atomic E-state index is 2.57. The Hall–Kier alpha value is -0.790. The van der Waals surface area contributed by atoms with Crippen molar-refractivity contribution in [3.63, 3.8) is 0 Å². The zero-order valence-corrected chi connectivity index (χ0v) is 21.1. The van der Waals surface area contributed by atoms with E-state index in [2.05, 4.69) is 42.3 Å². The molecule has 0 spiro atoms. The number of unbranched alkanes of at least 4 members (excludes halogenated alkanes) is 16. The van der Waals surface area contributed by atoms with Gasteiger partial charge in [0, 0.05) is 6.42 Å². The highest BCUT2D eigenvalue weighted by atomic mass is 15.1. The summed E-state index contributed by atoms with van der Waals surface area (Å²) in [5.41, 5.74) is 0. The summed E-state index contributed by atoms with van der Waals surface area (Å²) in [4.78, 5) is 0. The molecule has 2 nitrogen and oxygen atoms in total. The van der Waals surface area contributed by atoms with E-state index in [1.807, 2.05) is 0 Å². The first-order valence-corrected chi connectivity index (χ1v) is 13.9. The standard InChI is InChI=1S/C28H55N2/c1-4-7-10-11-12-13-14-15-16-17-18-19-22-25-30-27-26-29(24-21-9-6-3)28(30)23-20-8-5-2/h26-27H,4-25H2,1-3H3/q+1.